The van der Waals surface area contributed by atoms with Gasteiger partial charge in [0, 0.05) is 35.9 Å². The standard InChI is InChI=1S/C22H26N4O2/c1-15-5-3-7-19(24-15)20(27)25-17-6-4-9-22(14-17)10-12-26(21(22)28)18-8-11-23-16(2)13-18/h3,5,7-8,11,13,17H,4,6,9-10,12,14H2,1-2H3,(H,25,27). The Morgan fingerprint density at radius 2 is 2.07 bits per heavy atom. The van der Waals surface area contributed by atoms with Crippen LogP contribution in [0, 0.1) is 19.3 Å². The van der Waals surface area contributed by atoms with Crippen molar-refractivity contribution in [3.63, 3.8) is 0 Å². The molecule has 3 heterocycles. The van der Waals surface area contributed by atoms with Gasteiger partial charge < -0.3 is 10.2 Å². The largest absolute Gasteiger partial charge is 0.348 e. The number of amides is 2. The van der Waals surface area contributed by atoms with Gasteiger partial charge in [0.2, 0.25) is 5.91 Å². The number of nitrogens with zero attached hydrogens (tertiary/aromatic N) is 3. The molecule has 0 bridgehead atoms. The third-order valence-electron chi connectivity index (χ3n) is 6.01. The van der Waals surface area contributed by atoms with Crippen LogP contribution in [0.5, 0.6) is 0 Å². The molecule has 1 aliphatic carbocycles. The fraction of sp³-hybridized carbons (Fsp3) is 0.455. The van der Waals surface area contributed by atoms with Gasteiger partial charge in [-0.1, -0.05) is 12.5 Å². The van der Waals surface area contributed by atoms with Crippen LogP contribution in [0.15, 0.2) is 36.5 Å². The Bertz CT molecular complexity index is 913. The first-order chi connectivity index (χ1) is 13.5. The lowest BCUT2D eigenvalue weighted by Crippen LogP contribution is -2.46. The number of carbonyl (C=O) groups is 2. The first kappa shape index (κ1) is 18.6. The summed E-state index contributed by atoms with van der Waals surface area (Å²) >= 11 is 0. The number of hydrogen-bond acceptors (Lipinski definition) is 4. The number of rotatable bonds is 3. The van der Waals surface area contributed by atoms with Crippen molar-refractivity contribution in [2.45, 2.75) is 52.0 Å². The zero-order valence-electron chi connectivity index (χ0n) is 16.4. The van der Waals surface area contributed by atoms with Crippen LogP contribution in [0.2, 0.25) is 0 Å². The van der Waals surface area contributed by atoms with E-state index in [9.17, 15) is 9.59 Å². The van der Waals surface area contributed by atoms with E-state index in [0.29, 0.717) is 12.1 Å². The van der Waals surface area contributed by atoms with Gasteiger partial charge in [0.15, 0.2) is 0 Å². The number of carbonyl (C=O) groups excluding carboxylic acids is 2. The summed E-state index contributed by atoms with van der Waals surface area (Å²) < 4.78 is 0. The molecule has 0 aromatic carbocycles. The molecule has 6 heteroatoms. The lowest BCUT2D eigenvalue weighted by atomic mass is 9.71. The first-order valence-corrected chi connectivity index (χ1v) is 9.96. The second-order valence-electron chi connectivity index (χ2n) is 8.07. The summed E-state index contributed by atoms with van der Waals surface area (Å²) in [5.74, 6) is 0.0311. The molecule has 4 rings (SSSR count). The van der Waals surface area contributed by atoms with Crippen molar-refractivity contribution in [2.24, 2.45) is 5.41 Å². The number of aromatic nitrogens is 2. The number of anilines is 1. The third kappa shape index (κ3) is 3.51. The van der Waals surface area contributed by atoms with E-state index in [0.717, 1.165) is 49.3 Å². The highest BCUT2D eigenvalue weighted by molar-refractivity contribution is 6.00. The Balaban J connectivity index is 1.47. The molecule has 1 N–H and O–H groups in total. The molecule has 2 aliphatic rings. The molecule has 0 radical (unpaired) electrons. The van der Waals surface area contributed by atoms with E-state index in [1.165, 1.54) is 0 Å². The third-order valence-corrected chi connectivity index (χ3v) is 6.01. The zero-order valence-corrected chi connectivity index (χ0v) is 16.4. The fourth-order valence-electron chi connectivity index (χ4n) is 4.60. The highest BCUT2D eigenvalue weighted by Crippen LogP contribution is 2.46. The highest BCUT2D eigenvalue weighted by Gasteiger charge is 2.49. The molecule has 28 heavy (non-hydrogen) atoms. The first-order valence-electron chi connectivity index (χ1n) is 9.96. The Kier molecular flexibility index (Phi) is 4.87. The van der Waals surface area contributed by atoms with Gasteiger partial charge in [-0.25, -0.2) is 4.98 Å². The van der Waals surface area contributed by atoms with Crippen LogP contribution < -0.4 is 10.2 Å². The SMILES string of the molecule is Cc1cc(N2CCC3(CCCC(NC(=O)c4cccc(C)n4)C3)C2=O)ccn1. The van der Waals surface area contributed by atoms with E-state index in [1.54, 1.807) is 12.3 Å². The molecular formula is C22H26N4O2. The average molecular weight is 378 g/mol. The van der Waals surface area contributed by atoms with Gasteiger partial charge in [-0.2, -0.15) is 0 Å². The smallest absolute Gasteiger partial charge is 0.270 e. The second-order valence-corrected chi connectivity index (χ2v) is 8.07. The van der Waals surface area contributed by atoms with Gasteiger partial charge in [-0.3, -0.25) is 14.6 Å². The number of aryl methyl sites for hydroxylation is 2. The van der Waals surface area contributed by atoms with Gasteiger partial charge in [0.25, 0.3) is 5.91 Å². The normalized spacial score (nSPS) is 24.6. The summed E-state index contributed by atoms with van der Waals surface area (Å²) in [4.78, 5) is 36.3. The molecule has 1 spiro atoms. The van der Waals surface area contributed by atoms with E-state index < -0.39 is 0 Å². The number of hydrogen-bond donors (Lipinski definition) is 1. The van der Waals surface area contributed by atoms with E-state index in [-0.39, 0.29) is 23.3 Å². The minimum Gasteiger partial charge on any atom is -0.348 e. The summed E-state index contributed by atoms with van der Waals surface area (Å²) in [6, 6.07) is 9.31. The predicted octanol–water partition coefficient (Wildman–Crippen LogP) is 3.19. The molecule has 1 saturated carbocycles. The molecule has 2 amide bonds. The molecular weight excluding hydrogens is 352 g/mol. The van der Waals surface area contributed by atoms with Crippen LogP contribution in [-0.2, 0) is 4.79 Å². The summed E-state index contributed by atoms with van der Waals surface area (Å²) in [5, 5.41) is 3.12. The predicted molar refractivity (Wildman–Crippen MR) is 107 cm³/mol. The van der Waals surface area contributed by atoms with Gasteiger partial charge >= 0.3 is 0 Å². The molecule has 146 valence electrons. The molecule has 2 aromatic heterocycles. The maximum atomic E-state index is 13.3. The van der Waals surface area contributed by atoms with E-state index in [1.807, 2.05) is 43.0 Å². The topological polar surface area (TPSA) is 75.2 Å². The molecule has 1 aliphatic heterocycles. The van der Waals surface area contributed by atoms with Crippen LogP contribution in [0.4, 0.5) is 5.69 Å². The van der Waals surface area contributed by atoms with Crippen LogP contribution in [-0.4, -0.2) is 34.4 Å². The van der Waals surface area contributed by atoms with Crippen LogP contribution in [0.3, 0.4) is 0 Å². The van der Waals surface area contributed by atoms with Crippen molar-refractivity contribution in [1.29, 1.82) is 0 Å². The Labute approximate surface area is 165 Å². The molecule has 2 fully saturated rings. The lowest BCUT2D eigenvalue weighted by Gasteiger charge is -2.36. The van der Waals surface area contributed by atoms with Gasteiger partial charge in [-0.15, -0.1) is 0 Å². The minimum atomic E-state index is -0.368. The molecule has 6 nitrogen and oxygen atoms in total. The van der Waals surface area contributed by atoms with Crippen molar-refractivity contribution in [3.8, 4) is 0 Å². The maximum absolute atomic E-state index is 13.3. The Morgan fingerprint density at radius 3 is 2.86 bits per heavy atom. The van der Waals surface area contributed by atoms with Crippen molar-refractivity contribution in [1.82, 2.24) is 15.3 Å². The van der Waals surface area contributed by atoms with Crippen LogP contribution in [0.1, 0.15) is 54.0 Å². The monoisotopic (exact) mass is 378 g/mol. The maximum Gasteiger partial charge on any atom is 0.270 e. The summed E-state index contributed by atoms with van der Waals surface area (Å²) in [6.45, 7) is 4.53. The van der Waals surface area contributed by atoms with E-state index >= 15 is 0 Å². The molecule has 2 atom stereocenters. The zero-order chi connectivity index (χ0) is 19.7. The van der Waals surface area contributed by atoms with Crippen LogP contribution >= 0.6 is 0 Å². The van der Waals surface area contributed by atoms with Crippen molar-refractivity contribution < 1.29 is 9.59 Å². The summed E-state index contributed by atoms with van der Waals surface area (Å²) in [6.07, 6.45) is 6.03. The van der Waals surface area contributed by atoms with Crippen molar-refractivity contribution in [3.05, 3.63) is 53.6 Å². The van der Waals surface area contributed by atoms with Crippen LogP contribution in [0.25, 0.3) is 0 Å². The Morgan fingerprint density at radius 1 is 1.21 bits per heavy atom. The average Bonchev–Trinajstić information content (AvgIpc) is 2.97. The quantitative estimate of drug-likeness (QED) is 0.890. The molecule has 2 unspecified atom stereocenters. The van der Waals surface area contributed by atoms with Gasteiger partial charge in [0.1, 0.15) is 5.69 Å². The van der Waals surface area contributed by atoms with Gasteiger partial charge in [0.05, 0.1) is 5.41 Å². The second kappa shape index (κ2) is 7.34. The van der Waals surface area contributed by atoms with Crippen molar-refractivity contribution >= 4 is 17.5 Å². The lowest BCUT2D eigenvalue weighted by molar-refractivity contribution is -0.127. The molecule has 1 saturated heterocycles. The molecule has 2 aromatic rings. The summed E-state index contributed by atoms with van der Waals surface area (Å²) in [7, 11) is 0. The fourth-order valence-corrected chi connectivity index (χ4v) is 4.60. The van der Waals surface area contributed by atoms with Gasteiger partial charge in [-0.05, 0) is 63.8 Å². The highest BCUT2D eigenvalue weighted by atomic mass is 16.2. The minimum absolute atomic E-state index is 0.00615. The summed E-state index contributed by atoms with van der Waals surface area (Å²) in [5.41, 5.74) is 2.72. The van der Waals surface area contributed by atoms with Crippen molar-refractivity contribution in [2.75, 3.05) is 11.4 Å². The number of pyridine rings is 2. The Hall–Kier alpha value is -2.76. The van der Waals surface area contributed by atoms with E-state index in [2.05, 4.69) is 15.3 Å². The number of nitrogens with one attached hydrogen (secondary N) is 1. The van der Waals surface area contributed by atoms with E-state index in [4.69, 9.17) is 0 Å².